The molecule has 1 rings (SSSR count). The summed E-state index contributed by atoms with van der Waals surface area (Å²) >= 11 is 0. The van der Waals surface area contributed by atoms with Crippen molar-refractivity contribution in [2.45, 2.75) is 66.0 Å². The predicted octanol–water partition coefficient (Wildman–Crippen LogP) is 3.15. The highest BCUT2D eigenvalue weighted by atomic mass is 16.3. The first-order valence-corrected chi connectivity index (χ1v) is 7.41. The van der Waals surface area contributed by atoms with Crippen molar-refractivity contribution in [3.05, 3.63) is 0 Å². The number of hydrogen-bond donors (Lipinski definition) is 1. The zero-order chi connectivity index (χ0) is 13.0. The van der Waals surface area contributed by atoms with Crippen LogP contribution >= 0.6 is 0 Å². The van der Waals surface area contributed by atoms with Gasteiger partial charge >= 0.3 is 0 Å². The van der Waals surface area contributed by atoms with E-state index in [0.717, 1.165) is 19.5 Å². The molecular formula is C15H31NO. The van der Waals surface area contributed by atoms with Crippen LogP contribution in [0, 0.1) is 17.8 Å². The van der Waals surface area contributed by atoms with E-state index in [9.17, 15) is 5.11 Å². The Hall–Kier alpha value is -0.0800. The Morgan fingerprint density at radius 3 is 2.35 bits per heavy atom. The van der Waals surface area contributed by atoms with Gasteiger partial charge in [-0.1, -0.05) is 27.7 Å². The van der Waals surface area contributed by atoms with Gasteiger partial charge in [0.05, 0.1) is 6.10 Å². The average Bonchev–Trinajstić information content (AvgIpc) is 2.27. The van der Waals surface area contributed by atoms with Gasteiger partial charge in [-0.25, -0.2) is 0 Å². The highest BCUT2D eigenvalue weighted by Crippen LogP contribution is 2.34. The Morgan fingerprint density at radius 1 is 1.24 bits per heavy atom. The molecular weight excluding hydrogens is 210 g/mol. The van der Waals surface area contributed by atoms with Crippen LogP contribution < -0.4 is 0 Å². The van der Waals surface area contributed by atoms with Crippen molar-refractivity contribution in [2.24, 2.45) is 17.8 Å². The van der Waals surface area contributed by atoms with Gasteiger partial charge in [0.2, 0.25) is 0 Å². The second-order valence-corrected chi connectivity index (χ2v) is 6.13. The van der Waals surface area contributed by atoms with E-state index in [1.54, 1.807) is 0 Å². The summed E-state index contributed by atoms with van der Waals surface area (Å²) in [6, 6.07) is 0.638. The second kappa shape index (κ2) is 6.75. The number of nitrogens with zero attached hydrogens (tertiary/aromatic N) is 1. The first kappa shape index (κ1) is 15.0. The summed E-state index contributed by atoms with van der Waals surface area (Å²) in [6.07, 6.45) is 3.38. The van der Waals surface area contributed by atoms with Crippen molar-refractivity contribution in [3.8, 4) is 0 Å². The molecule has 0 amide bonds. The maximum Gasteiger partial charge on any atom is 0.0585 e. The Balaban J connectivity index is 2.58. The Labute approximate surface area is 107 Å². The molecule has 17 heavy (non-hydrogen) atoms. The molecule has 0 aromatic carbocycles. The Kier molecular flexibility index (Phi) is 5.94. The van der Waals surface area contributed by atoms with E-state index in [1.807, 2.05) is 0 Å². The Bertz CT molecular complexity index is 207. The zero-order valence-corrected chi connectivity index (χ0v) is 12.3. The van der Waals surface area contributed by atoms with E-state index in [0.29, 0.717) is 23.8 Å². The van der Waals surface area contributed by atoms with Crippen molar-refractivity contribution < 1.29 is 5.11 Å². The third kappa shape index (κ3) is 3.96. The van der Waals surface area contributed by atoms with Crippen molar-refractivity contribution in [1.82, 2.24) is 4.90 Å². The summed E-state index contributed by atoms with van der Waals surface area (Å²) in [4.78, 5) is 2.53. The van der Waals surface area contributed by atoms with Gasteiger partial charge < -0.3 is 10.0 Å². The van der Waals surface area contributed by atoms with Crippen LogP contribution in [0.4, 0.5) is 0 Å². The molecule has 2 nitrogen and oxygen atoms in total. The third-order valence-corrected chi connectivity index (χ3v) is 4.71. The van der Waals surface area contributed by atoms with Crippen LogP contribution in [0.3, 0.4) is 0 Å². The lowest BCUT2D eigenvalue weighted by Crippen LogP contribution is -2.45. The van der Waals surface area contributed by atoms with Gasteiger partial charge in [-0.05, 0) is 44.6 Å². The molecule has 0 aromatic heterocycles. The minimum Gasteiger partial charge on any atom is -0.393 e. The van der Waals surface area contributed by atoms with E-state index in [2.05, 4.69) is 39.5 Å². The number of hydrogen-bond acceptors (Lipinski definition) is 2. The zero-order valence-electron chi connectivity index (χ0n) is 12.3. The molecule has 1 fully saturated rings. The van der Waals surface area contributed by atoms with Gasteiger partial charge in [-0.15, -0.1) is 0 Å². The molecule has 1 aliphatic carbocycles. The molecule has 0 radical (unpaired) electrons. The highest BCUT2D eigenvalue weighted by Gasteiger charge is 2.34. The smallest absolute Gasteiger partial charge is 0.0585 e. The number of aliphatic hydroxyl groups is 1. The first-order valence-electron chi connectivity index (χ1n) is 7.41. The van der Waals surface area contributed by atoms with Crippen LogP contribution in [-0.4, -0.2) is 35.2 Å². The lowest BCUT2D eigenvalue weighted by Gasteiger charge is -2.41. The van der Waals surface area contributed by atoms with E-state index >= 15 is 0 Å². The maximum atomic E-state index is 10.3. The van der Waals surface area contributed by atoms with Gasteiger partial charge in [0, 0.05) is 18.5 Å². The van der Waals surface area contributed by atoms with E-state index in [-0.39, 0.29) is 6.10 Å². The van der Waals surface area contributed by atoms with Gasteiger partial charge in [-0.3, -0.25) is 0 Å². The minimum absolute atomic E-state index is 0.0909. The number of aliphatic hydroxyl groups excluding tert-OH is 1. The summed E-state index contributed by atoms with van der Waals surface area (Å²) in [6.45, 7) is 13.5. The predicted molar refractivity (Wildman–Crippen MR) is 74.1 cm³/mol. The molecule has 0 aromatic rings. The highest BCUT2D eigenvalue weighted by molar-refractivity contribution is 4.85. The molecule has 2 heteroatoms. The van der Waals surface area contributed by atoms with Crippen molar-refractivity contribution in [1.29, 1.82) is 0 Å². The fourth-order valence-electron chi connectivity index (χ4n) is 3.32. The molecule has 1 aliphatic rings. The lowest BCUT2D eigenvalue weighted by atomic mass is 9.73. The maximum absolute atomic E-state index is 10.3. The SMILES string of the molecule is CCC(C)N(CC)CC1C(C)CC(C)CC1O. The van der Waals surface area contributed by atoms with E-state index < -0.39 is 0 Å². The number of rotatable bonds is 5. The Morgan fingerprint density at radius 2 is 1.88 bits per heavy atom. The van der Waals surface area contributed by atoms with Crippen LogP contribution in [0.5, 0.6) is 0 Å². The van der Waals surface area contributed by atoms with Crippen molar-refractivity contribution in [2.75, 3.05) is 13.1 Å². The summed E-state index contributed by atoms with van der Waals surface area (Å²) in [7, 11) is 0. The quantitative estimate of drug-likeness (QED) is 0.799. The summed E-state index contributed by atoms with van der Waals surface area (Å²) in [5, 5.41) is 10.3. The van der Waals surface area contributed by atoms with E-state index in [4.69, 9.17) is 0 Å². The molecule has 0 spiro atoms. The largest absolute Gasteiger partial charge is 0.393 e. The third-order valence-electron chi connectivity index (χ3n) is 4.71. The fraction of sp³-hybridized carbons (Fsp3) is 1.00. The molecule has 5 atom stereocenters. The fourth-order valence-corrected chi connectivity index (χ4v) is 3.32. The van der Waals surface area contributed by atoms with Gasteiger partial charge in [0.1, 0.15) is 0 Å². The van der Waals surface area contributed by atoms with Crippen LogP contribution in [-0.2, 0) is 0 Å². The molecule has 0 aliphatic heterocycles. The van der Waals surface area contributed by atoms with Crippen molar-refractivity contribution in [3.63, 3.8) is 0 Å². The molecule has 0 heterocycles. The van der Waals surface area contributed by atoms with Crippen LogP contribution in [0.15, 0.2) is 0 Å². The van der Waals surface area contributed by atoms with Crippen molar-refractivity contribution >= 4 is 0 Å². The van der Waals surface area contributed by atoms with Gasteiger partial charge in [0.15, 0.2) is 0 Å². The van der Waals surface area contributed by atoms with E-state index in [1.165, 1.54) is 12.8 Å². The topological polar surface area (TPSA) is 23.5 Å². The summed E-state index contributed by atoms with van der Waals surface area (Å²) in [5.74, 6) is 1.82. The molecule has 1 saturated carbocycles. The van der Waals surface area contributed by atoms with Crippen LogP contribution in [0.2, 0.25) is 0 Å². The molecule has 0 saturated heterocycles. The standard InChI is InChI=1S/C15H31NO/c1-6-13(5)16(7-2)10-14-12(4)8-11(3)9-15(14)17/h11-15,17H,6-10H2,1-5H3. The first-order chi connectivity index (χ1) is 7.99. The molecule has 5 unspecified atom stereocenters. The molecule has 1 N–H and O–H groups in total. The van der Waals surface area contributed by atoms with Crippen LogP contribution in [0.1, 0.15) is 53.9 Å². The normalized spacial score (nSPS) is 36.2. The lowest BCUT2D eigenvalue weighted by molar-refractivity contribution is -0.00717. The summed E-state index contributed by atoms with van der Waals surface area (Å²) in [5.41, 5.74) is 0. The monoisotopic (exact) mass is 241 g/mol. The molecule has 102 valence electrons. The average molecular weight is 241 g/mol. The minimum atomic E-state index is -0.0909. The van der Waals surface area contributed by atoms with Crippen LogP contribution in [0.25, 0.3) is 0 Å². The summed E-state index contributed by atoms with van der Waals surface area (Å²) < 4.78 is 0. The second-order valence-electron chi connectivity index (χ2n) is 6.13. The molecule has 0 bridgehead atoms. The van der Waals surface area contributed by atoms with Gasteiger partial charge in [-0.2, -0.15) is 0 Å². The van der Waals surface area contributed by atoms with Gasteiger partial charge in [0.25, 0.3) is 0 Å².